The summed E-state index contributed by atoms with van der Waals surface area (Å²) in [7, 11) is 0. The molecule has 2 unspecified atom stereocenters. The van der Waals surface area contributed by atoms with E-state index in [2.05, 4.69) is 12.2 Å². The molecule has 1 aliphatic heterocycles. The lowest BCUT2D eigenvalue weighted by atomic mass is 9.95. The molecule has 1 nitrogen and oxygen atoms in total. The van der Waals surface area contributed by atoms with Crippen LogP contribution >= 0.6 is 0 Å². The van der Waals surface area contributed by atoms with Crippen molar-refractivity contribution in [2.24, 2.45) is 0 Å². The first kappa shape index (κ1) is 11.8. The van der Waals surface area contributed by atoms with Gasteiger partial charge in [0.1, 0.15) is 6.04 Å². The van der Waals surface area contributed by atoms with E-state index >= 15 is 0 Å². The standard InChI is InChI=1S/C10H18F3N/c1-2-3-5-8-6-4-7-9(14-8)10(11,12)13/h8-9,14H,2-7H2,1H3. The van der Waals surface area contributed by atoms with E-state index in [4.69, 9.17) is 0 Å². The number of nitrogens with one attached hydrogen (secondary N) is 1. The molecule has 1 aliphatic rings. The van der Waals surface area contributed by atoms with Gasteiger partial charge in [0.25, 0.3) is 0 Å². The van der Waals surface area contributed by atoms with Crippen LogP contribution in [-0.4, -0.2) is 18.3 Å². The molecule has 1 N–H and O–H groups in total. The zero-order chi connectivity index (χ0) is 10.6. The van der Waals surface area contributed by atoms with E-state index in [1.165, 1.54) is 0 Å². The molecule has 0 saturated carbocycles. The van der Waals surface area contributed by atoms with Crippen LogP contribution in [0.2, 0.25) is 0 Å². The average Bonchev–Trinajstić information content (AvgIpc) is 2.14. The number of unbranched alkanes of at least 4 members (excludes halogenated alkanes) is 1. The van der Waals surface area contributed by atoms with Crippen molar-refractivity contribution in [3.8, 4) is 0 Å². The highest BCUT2D eigenvalue weighted by molar-refractivity contribution is 4.84. The van der Waals surface area contributed by atoms with Crippen LogP contribution in [0.4, 0.5) is 13.2 Å². The fraction of sp³-hybridized carbons (Fsp3) is 1.00. The maximum atomic E-state index is 12.4. The third kappa shape index (κ3) is 3.48. The fourth-order valence-corrected chi connectivity index (χ4v) is 1.96. The Bertz CT molecular complexity index is 167. The van der Waals surface area contributed by atoms with Gasteiger partial charge < -0.3 is 5.32 Å². The second-order valence-corrected chi connectivity index (χ2v) is 4.03. The maximum absolute atomic E-state index is 12.4. The molecular formula is C10H18F3N. The largest absolute Gasteiger partial charge is 0.403 e. The Morgan fingerprint density at radius 2 is 2.00 bits per heavy atom. The molecule has 1 fully saturated rings. The predicted octanol–water partition coefficient (Wildman–Crippen LogP) is 3.25. The molecule has 2 atom stereocenters. The molecule has 0 spiro atoms. The Kier molecular flexibility index (Phi) is 4.23. The quantitative estimate of drug-likeness (QED) is 0.752. The maximum Gasteiger partial charge on any atom is 0.403 e. The molecular weight excluding hydrogens is 191 g/mol. The minimum atomic E-state index is -4.06. The third-order valence-electron chi connectivity index (χ3n) is 2.78. The van der Waals surface area contributed by atoms with E-state index in [1.807, 2.05) is 0 Å². The molecule has 0 aromatic heterocycles. The van der Waals surface area contributed by atoms with Gasteiger partial charge >= 0.3 is 6.18 Å². The van der Waals surface area contributed by atoms with Gasteiger partial charge in [-0.3, -0.25) is 0 Å². The van der Waals surface area contributed by atoms with Crippen LogP contribution in [0.25, 0.3) is 0 Å². The summed E-state index contributed by atoms with van der Waals surface area (Å²) in [5.74, 6) is 0. The highest BCUT2D eigenvalue weighted by atomic mass is 19.4. The lowest BCUT2D eigenvalue weighted by Gasteiger charge is -2.32. The van der Waals surface area contributed by atoms with Crippen molar-refractivity contribution in [2.45, 2.75) is 63.7 Å². The molecule has 0 aromatic rings. The first-order chi connectivity index (χ1) is 6.54. The lowest BCUT2D eigenvalue weighted by molar-refractivity contribution is -0.163. The van der Waals surface area contributed by atoms with E-state index in [9.17, 15) is 13.2 Å². The van der Waals surface area contributed by atoms with E-state index in [1.54, 1.807) is 0 Å². The van der Waals surface area contributed by atoms with Crippen LogP contribution in [0.1, 0.15) is 45.4 Å². The SMILES string of the molecule is CCCCC1CCCC(C(F)(F)F)N1. The van der Waals surface area contributed by atoms with Gasteiger partial charge in [0.05, 0.1) is 0 Å². The van der Waals surface area contributed by atoms with Crippen LogP contribution in [-0.2, 0) is 0 Å². The van der Waals surface area contributed by atoms with Crippen LogP contribution in [0.5, 0.6) is 0 Å². The molecule has 0 radical (unpaired) electrons. The summed E-state index contributed by atoms with van der Waals surface area (Å²) in [5.41, 5.74) is 0. The highest BCUT2D eigenvalue weighted by Crippen LogP contribution is 2.28. The number of piperidine rings is 1. The lowest BCUT2D eigenvalue weighted by Crippen LogP contribution is -2.50. The van der Waals surface area contributed by atoms with Crippen LogP contribution in [0.15, 0.2) is 0 Å². The third-order valence-corrected chi connectivity index (χ3v) is 2.78. The molecule has 1 saturated heterocycles. The summed E-state index contributed by atoms with van der Waals surface area (Å²) in [5, 5.41) is 2.70. The zero-order valence-corrected chi connectivity index (χ0v) is 8.53. The van der Waals surface area contributed by atoms with Crippen molar-refractivity contribution in [1.82, 2.24) is 5.32 Å². The van der Waals surface area contributed by atoms with E-state index in [0.29, 0.717) is 6.42 Å². The Labute approximate surface area is 83.1 Å². The molecule has 84 valence electrons. The van der Waals surface area contributed by atoms with Crippen molar-refractivity contribution in [3.63, 3.8) is 0 Å². The van der Waals surface area contributed by atoms with Crippen molar-refractivity contribution in [2.75, 3.05) is 0 Å². The first-order valence-electron chi connectivity index (χ1n) is 5.36. The van der Waals surface area contributed by atoms with Crippen LogP contribution in [0, 0.1) is 0 Å². The fourth-order valence-electron chi connectivity index (χ4n) is 1.96. The molecule has 4 heteroatoms. The second kappa shape index (κ2) is 5.01. The normalized spacial score (nSPS) is 29.1. The zero-order valence-electron chi connectivity index (χ0n) is 8.53. The number of halogens is 3. The Morgan fingerprint density at radius 1 is 1.29 bits per heavy atom. The molecule has 0 aliphatic carbocycles. The van der Waals surface area contributed by atoms with Gasteiger partial charge in [0.15, 0.2) is 0 Å². The van der Waals surface area contributed by atoms with Crippen molar-refractivity contribution in [1.29, 1.82) is 0 Å². The van der Waals surface area contributed by atoms with Gasteiger partial charge in [-0.1, -0.05) is 26.2 Å². The number of hydrogen-bond donors (Lipinski definition) is 1. The van der Waals surface area contributed by atoms with Crippen molar-refractivity contribution < 1.29 is 13.2 Å². The summed E-state index contributed by atoms with van der Waals surface area (Å²) in [6.45, 7) is 2.06. The van der Waals surface area contributed by atoms with Crippen molar-refractivity contribution in [3.05, 3.63) is 0 Å². The summed E-state index contributed by atoms with van der Waals surface area (Å²) in [6.07, 6.45) is 0.718. The Balaban J connectivity index is 2.36. The monoisotopic (exact) mass is 209 g/mol. The highest BCUT2D eigenvalue weighted by Gasteiger charge is 2.41. The van der Waals surface area contributed by atoms with Crippen molar-refractivity contribution >= 4 is 0 Å². The first-order valence-corrected chi connectivity index (χ1v) is 5.36. The predicted molar refractivity (Wildman–Crippen MR) is 50.1 cm³/mol. The number of rotatable bonds is 3. The van der Waals surface area contributed by atoms with E-state index in [0.717, 1.165) is 25.7 Å². The smallest absolute Gasteiger partial charge is 0.303 e. The van der Waals surface area contributed by atoms with Gasteiger partial charge in [0, 0.05) is 6.04 Å². The molecule has 14 heavy (non-hydrogen) atoms. The van der Waals surface area contributed by atoms with Gasteiger partial charge in [-0.25, -0.2) is 0 Å². The molecule has 0 aromatic carbocycles. The minimum Gasteiger partial charge on any atom is -0.303 e. The van der Waals surface area contributed by atoms with Gasteiger partial charge in [-0.15, -0.1) is 0 Å². The van der Waals surface area contributed by atoms with Crippen LogP contribution < -0.4 is 5.32 Å². The Morgan fingerprint density at radius 3 is 2.57 bits per heavy atom. The van der Waals surface area contributed by atoms with Gasteiger partial charge in [-0.05, 0) is 19.3 Å². The average molecular weight is 209 g/mol. The molecule has 1 rings (SSSR count). The molecule has 0 bridgehead atoms. The van der Waals surface area contributed by atoms with E-state index in [-0.39, 0.29) is 12.5 Å². The number of hydrogen-bond acceptors (Lipinski definition) is 1. The van der Waals surface area contributed by atoms with Gasteiger partial charge in [-0.2, -0.15) is 13.2 Å². The molecule has 0 amide bonds. The molecule has 1 heterocycles. The second-order valence-electron chi connectivity index (χ2n) is 4.03. The summed E-state index contributed by atoms with van der Waals surface area (Å²) in [6, 6.07) is -1.19. The van der Waals surface area contributed by atoms with E-state index < -0.39 is 12.2 Å². The summed E-state index contributed by atoms with van der Waals surface area (Å²) >= 11 is 0. The summed E-state index contributed by atoms with van der Waals surface area (Å²) in [4.78, 5) is 0. The minimum absolute atomic E-state index is 0.0790. The Hall–Kier alpha value is -0.250. The summed E-state index contributed by atoms with van der Waals surface area (Å²) < 4.78 is 37.1. The van der Waals surface area contributed by atoms with Crippen LogP contribution in [0.3, 0.4) is 0 Å². The number of alkyl halides is 3. The van der Waals surface area contributed by atoms with Gasteiger partial charge in [0.2, 0.25) is 0 Å². The topological polar surface area (TPSA) is 12.0 Å².